The SMILES string of the molecule is CC(C)(C)OC(=O)Nc1cnc(C#N)c(Cl)c1. The number of hydrogen-bond acceptors (Lipinski definition) is 4. The van der Waals surface area contributed by atoms with E-state index in [2.05, 4.69) is 10.3 Å². The summed E-state index contributed by atoms with van der Waals surface area (Å²) in [5, 5.41) is 11.3. The molecule has 1 rings (SSSR count). The van der Waals surface area contributed by atoms with Crippen molar-refractivity contribution in [1.29, 1.82) is 5.26 Å². The molecule has 0 spiro atoms. The molecule has 0 aliphatic heterocycles. The zero-order valence-corrected chi connectivity index (χ0v) is 10.5. The second kappa shape index (κ2) is 5.02. The number of nitrogens with one attached hydrogen (secondary N) is 1. The highest BCUT2D eigenvalue weighted by Gasteiger charge is 2.16. The minimum atomic E-state index is -0.597. The van der Waals surface area contributed by atoms with Crippen molar-refractivity contribution in [2.75, 3.05) is 5.32 Å². The summed E-state index contributed by atoms with van der Waals surface area (Å²) in [6.07, 6.45) is 0.744. The third-order valence-corrected chi connectivity index (χ3v) is 1.88. The zero-order valence-electron chi connectivity index (χ0n) is 9.74. The van der Waals surface area contributed by atoms with Crippen molar-refractivity contribution in [2.24, 2.45) is 0 Å². The molecule has 0 aromatic carbocycles. The van der Waals surface area contributed by atoms with E-state index >= 15 is 0 Å². The number of anilines is 1. The minimum absolute atomic E-state index is 0.112. The maximum Gasteiger partial charge on any atom is 0.412 e. The van der Waals surface area contributed by atoms with Gasteiger partial charge in [0, 0.05) is 0 Å². The number of nitriles is 1. The fourth-order valence-electron chi connectivity index (χ4n) is 1.01. The van der Waals surface area contributed by atoms with Crippen molar-refractivity contribution >= 4 is 23.4 Å². The Labute approximate surface area is 104 Å². The highest BCUT2D eigenvalue weighted by molar-refractivity contribution is 6.31. The molecule has 0 bridgehead atoms. The van der Waals surface area contributed by atoms with Crippen LogP contribution in [0.25, 0.3) is 0 Å². The lowest BCUT2D eigenvalue weighted by Crippen LogP contribution is -2.27. The van der Waals surface area contributed by atoms with Gasteiger partial charge >= 0.3 is 6.09 Å². The van der Waals surface area contributed by atoms with Crippen LogP contribution in [0.1, 0.15) is 26.5 Å². The third-order valence-electron chi connectivity index (χ3n) is 1.59. The van der Waals surface area contributed by atoms with Gasteiger partial charge in [-0.05, 0) is 26.8 Å². The van der Waals surface area contributed by atoms with Gasteiger partial charge in [-0.3, -0.25) is 5.32 Å². The maximum atomic E-state index is 11.4. The molecule has 0 unspecified atom stereocenters. The van der Waals surface area contributed by atoms with Crippen molar-refractivity contribution in [3.05, 3.63) is 23.0 Å². The van der Waals surface area contributed by atoms with Crippen LogP contribution in [0.5, 0.6) is 0 Å². The number of rotatable bonds is 1. The molecular formula is C11H12ClN3O2. The summed E-state index contributed by atoms with van der Waals surface area (Å²) in [5.74, 6) is 0. The van der Waals surface area contributed by atoms with Gasteiger partial charge in [0.05, 0.1) is 16.9 Å². The molecule has 90 valence electrons. The van der Waals surface area contributed by atoms with Gasteiger partial charge in [-0.1, -0.05) is 11.6 Å². The van der Waals surface area contributed by atoms with Gasteiger partial charge in [0.15, 0.2) is 5.69 Å². The Kier molecular flexibility index (Phi) is 3.92. The van der Waals surface area contributed by atoms with Gasteiger partial charge in [-0.2, -0.15) is 5.26 Å². The molecule has 5 nitrogen and oxygen atoms in total. The maximum absolute atomic E-state index is 11.4. The summed E-state index contributed by atoms with van der Waals surface area (Å²) < 4.78 is 5.05. The van der Waals surface area contributed by atoms with Crippen molar-refractivity contribution in [3.63, 3.8) is 0 Å². The number of hydrogen-bond donors (Lipinski definition) is 1. The number of carbonyl (C=O) groups excluding carboxylic acids is 1. The van der Waals surface area contributed by atoms with E-state index in [-0.39, 0.29) is 10.7 Å². The van der Waals surface area contributed by atoms with Crippen molar-refractivity contribution in [1.82, 2.24) is 4.98 Å². The van der Waals surface area contributed by atoms with E-state index in [1.54, 1.807) is 20.8 Å². The van der Waals surface area contributed by atoms with E-state index in [1.165, 1.54) is 12.3 Å². The van der Waals surface area contributed by atoms with E-state index < -0.39 is 11.7 Å². The van der Waals surface area contributed by atoms with Gasteiger partial charge in [0.25, 0.3) is 0 Å². The van der Waals surface area contributed by atoms with Gasteiger partial charge < -0.3 is 4.74 Å². The summed E-state index contributed by atoms with van der Waals surface area (Å²) in [4.78, 5) is 15.2. The Balaban J connectivity index is 2.74. The highest BCUT2D eigenvalue weighted by Crippen LogP contribution is 2.18. The van der Waals surface area contributed by atoms with Crippen molar-refractivity contribution in [2.45, 2.75) is 26.4 Å². The molecule has 1 heterocycles. The third kappa shape index (κ3) is 4.29. The van der Waals surface area contributed by atoms with Gasteiger partial charge in [0.2, 0.25) is 0 Å². The molecule has 1 aromatic heterocycles. The minimum Gasteiger partial charge on any atom is -0.444 e. The standard InChI is InChI=1S/C11H12ClN3O2/c1-11(2,3)17-10(16)15-7-4-8(12)9(5-13)14-6-7/h4,6H,1-3H3,(H,15,16). The van der Waals surface area contributed by atoms with Crippen molar-refractivity contribution < 1.29 is 9.53 Å². The topological polar surface area (TPSA) is 75.0 Å². The first-order valence-electron chi connectivity index (χ1n) is 4.87. The van der Waals surface area contributed by atoms with E-state index in [0.29, 0.717) is 5.69 Å². The molecule has 0 saturated carbocycles. The average Bonchev–Trinajstić information content (AvgIpc) is 2.14. The summed E-state index contributed by atoms with van der Waals surface area (Å²) in [6.45, 7) is 5.28. The molecule has 1 amide bonds. The lowest BCUT2D eigenvalue weighted by molar-refractivity contribution is 0.0636. The molecule has 0 fully saturated rings. The molecule has 6 heteroatoms. The smallest absolute Gasteiger partial charge is 0.412 e. The number of pyridine rings is 1. The van der Waals surface area contributed by atoms with Crippen LogP contribution in [0, 0.1) is 11.3 Å². The molecule has 0 radical (unpaired) electrons. The fraction of sp³-hybridized carbons (Fsp3) is 0.364. The first-order chi connectivity index (χ1) is 7.81. The average molecular weight is 254 g/mol. The largest absolute Gasteiger partial charge is 0.444 e. The van der Waals surface area contributed by atoms with Crippen LogP contribution in [-0.2, 0) is 4.74 Å². The monoisotopic (exact) mass is 253 g/mol. The number of nitrogens with zero attached hydrogens (tertiary/aromatic N) is 2. The zero-order chi connectivity index (χ0) is 13.1. The van der Waals surface area contributed by atoms with E-state index in [0.717, 1.165) is 0 Å². The number of amides is 1. The Morgan fingerprint density at radius 3 is 2.71 bits per heavy atom. The van der Waals surface area contributed by atoms with E-state index in [9.17, 15) is 4.79 Å². The molecule has 17 heavy (non-hydrogen) atoms. The summed E-state index contributed by atoms with van der Waals surface area (Å²) in [7, 11) is 0. The quantitative estimate of drug-likeness (QED) is 0.835. The van der Waals surface area contributed by atoms with Crippen molar-refractivity contribution in [3.8, 4) is 6.07 Å². The summed E-state index contributed by atoms with van der Waals surface area (Å²) >= 11 is 5.77. The van der Waals surface area contributed by atoms with Gasteiger partial charge in [-0.25, -0.2) is 9.78 Å². The lowest BCUT2D eigenvalue weighted by atomic mass is 10.2. The summed E-state index contributed by atoms with van der Waals surface area (Å²) in [6, 6.07) is 3.27. The first-order valence-corrected chi connectivity index (χ1v) is 5.25. The molecule has 1 aromatic rings. The lowest BCUT2D eigenvalue weighted by Gasteiger charge is -2.19. The first kappa shape index (κ1) is 13.3. The Hall–Kier alpha value is -1.80. The number of carbonyl (C=O) groups is 1. The molecule has 0 aliphatic carbocycles. The molecule has 0 atom stereocenters. The Morgan fingerprint density at radius 2 is 2.24 bits per heavy atom. The molecule has 0 aliphatic rings. The normalized spacial score (nSPS) is 10.5. The van der Waals surface area contributed by atoms with Crippen LogP contribution in [-0.4, -0.2) is 16.7 Å². The van der Waals surface area contributed by atoms with E-state index in [1.807, 2.05) is 6.07 Å². The Morgan fingerprint density at radius 1 is 1.59 bits per heavy atom. The molecular weight excluding hydrogens is 242 g/mol. The van der Waals surface area contributed by atoms with Gasteiger partial charge in [-0.15, -0.1) is 0 Å². The fourth-order valence-corrected chi connectivity index (χ4v) is 1.22. The molecule has 1 N–H and O–H groups in total. The predicted octanol–water partition coefficient (Wildman–Crippen LogP) is 2.95. The van der Waals surface area contributed by atoms with Crippen LogP contribution in [0.2, 0.25) is 5.02 Å². The second-order valence-electron chi connectivity index (χ2n) is 4.29. The van der Waals surface area contributed by atoms with Crippen LogP contribution in [0.15, 0.2) is 12.3 Å². The Bertz CT molecular complexity index is 475. The molecule has 0 saturated heterocycles. The number of ether oxygens (including phenoxy) is 1. The van der Waals surface area contributed by atoms with Gasteiger partial charge in [0.1, 0.15) is 11.7 Å². The second-order valence-corrected chi connectivity index (χ2v) is 4.70. The predicted molar refractivity (Wildman–Crippen MR) is 63.8 cm³/mol. The van der Waals surface area contributed by atoms with E-state index in [4.69, 9.17) is 21.6 Å². The number of halogens is 1. The van der Waals surface area contributed by atoms with Crippen LogP contribution >= 0.6 is 11.6 Å². The number of aromatic nitrogens is 1. The highest BCUT2D eigenvalue weighted by atomic mass is 35.5. The van der Waals surface area contributed by atoms with Crippen LogP contribution in [0.3, 0.4) is 0 Å². The van der Waals surface area contributed by atoms with Crippen LogP contribution in [0.4, 0.5) is 10.5 Å². The van der Waals surface area contributed by atoms with Crippen LogP contribution < -0.4 is 5.32 Å². The summed E-state index contributed by atoms with van der Waals surface area (Å²) in [5.41, 5.74) is -0.0851.